The highest BCUT2D eigenvalue weighted by Gasteiger charge is 1.98. The zero-order chi connectivity index (χ0) is 10.9. The fourth-order valence-corrected chi connectivity index (χ4v) is 2.01. The Hall–Kier alpha value is -0.670. The second-order valence-electron chi connectivity index (χ2n) is 3.29. The Bertz CT molecular complexity index is 278. The molecule has 0 bridgehead atoms. The number of hydrogen-bond acceptors (Lipinski definition) is 3. The van der Waals surface area contributed by atoms with Gasteiger partial charge in [-0.05, 0) is 24.0 Å². The van der Waals surface area contributed by atoms with Crippen molar-refractivity contribution in [2.24, 2.45) is 0 Å². The van der Waals surface area contributed by atoms with Crippen molar-refractivity contribution in [3.63, 3.8) is 0 Å². The predicted molar refractivity (Wildman–Crippen MR) is 68.5 cm³/mol. The minimum absolute atomic E-state index is 0.104. The van der Waals surface area contributed by atoms with Crippen LogP contribution < -0.4 is 5.32 Å². The van der Waals surface area contributed by atoms with Gasteiger partial charge in [0.1, 0.15) is 0 Å². The van der Waals surface area contributed by atoms with Crippen LogP contribution in [0, 0.1) is 0 Å². The van der Waals surface area contributed by atoms with Gasteiger partial charge in [-0.25, -0.2) is 0 Å². The number of hydrogen-bond donors (Lipinski definition) is 2. The Labute approximate surface area is 96.1 Å². The Morgan fingerprint density at radius 3 is 2.87 bits per heavy atom. The molecule has 0 atom stereocenters. The van der Waals surface area contributed by atoms with E-state index in [9.17, 15) is 0 Å². The summed E-state index contributed by atoms with van der Waals surface area (Å²) >= 11 is 1.96. The molecule has 1 aromatic rings. The standard InChI is InChI=1S/C12H19NOS/c1-2-15-9-5-8-13-12-7-4-3-6-11(12)10-14/h3-4,6-7,13-14H,2,5,8-10H2,1H3. The zero-order valence-electron chi connectivity index (χ0n) is 9.20. The van der Waals surface area contributed by atoms with Crippen LogP contribution in [-0.4, -0.2) is 23.2 Å². The molecule has 84 valence electrons. The van der Waals surface area contributed by atoms with Gasteiger partial charge >= 0.3 is 0 Å². The molecule has 0 spiro atoms. The number of anilines is 1. The summed E-state index contributed by atoms with van der Waals surface area (Å²) in [7, 11) is 0. The molecule has 0 radical (unpaired) electrons. The molecule has 0 saturated heterocycles. The van der Waals surface area contributed by atoms with E-state index in [1.807, 2.05) is 36.0 Å². The summed E-state index contributed by atoms with van der Waals surface area (Å²) in [6, 6.07) is 7.90. The van der Waals surface area contributed by atoms with Gasteiger partial charge in [-0.2, -0.15) is 11.8 Å². The molecule has 0 aliphatic rings. The molecular weight excluding hydrogens is 206 g/mol. The topological polar surface area (TPSA) is 32.3 Å². The molecule has 1 aromatic carbocycles. The van der Waals surface area contributed by atoms with E-state index in [1.165, 1.54) is 11.5 Å². The highest BCUT2D eigenvalue weighted by Crippen LogP contribution is 2.14. The number of aliphatic hydroxyl groups is 1. The lowest BCUT2D eigenvalue weighted by Crippen LogP contribution is -2.05. The highest BCUT2D eigenvalue weighted by molar-refractivity contribution is 7.99. The van der Waals surface area contributed by atoms with Crippen molar-refractivity contribution < 1.29 is 5.11 Å². The number of benzene rings is 1. The molecule has 0 aliphatic heterocycles. The molecule has 3 heteroatoms. The van der Waals surface area contributed by atoms with Crippen molar-refractivity contribution >= 4 is 17.4 Å². The summed E-state index contributed by atoms with van der Waals surface area (Å²) in [6.07, 6.45) is 1.16. The molecule has 0 aliphatic carbocycles. The molecule has 1 rings (SSSR count). The lowest BCUT2D eigenvalue weighted by molar-refractivity contribution is 0.282. The van der Waals surface area contributed by atoms with Crippen LogP contribution in [0.2, 0.25) is 0 Å². The third-order valence-electron chi connectivity index (χ3n) is 2.17. The van der Waals surface area contributed by atoms with Crippen molar-refractivity contribution in [3.05, 3.63) is 29.8 Å². The number of para-hydroxylation sites is 1. The average molecular weight is 225 g/mol. The maximum absolute atomic E-state index is 9.12. The summed E-state index contributed by atoms with van der Waals surface area (Å²) in [5.74, 6) is 2.39. The molecule has 0 aromatic heterocycles. The summed E-state index contributed by atoms with van der Waals surface area (Å²) in [6.45, 7) is 3.26. The van der Waals surface area contributed by atoms with Gasteiger partial charge in [0, 0.05) is 17.8 Å². The minimum Gasteiger partial charge on any atom is -0.392 e. The number of rotatable bonds is 7. The monoisotopic (exact) mass is 225 g/mol. The van der Waals surface area contributed by atoms with Gasteiger partial charge in [0.05, 0.1) is 6.61 Å². The van der Waals surface area contributed by atoms with Crippen molar-refractivity contribution in [2.45, 2.75) is 20.0 Å². The third kappa shape index (κ3) is 4.58. The van der Waals surface area contributed by atoms with Crippen LogP contribution in [0.3, 0.4) is 0 Å². The molecule has 15 heavy (non-hydrogen) atoms. The van der Waals surface area contributed by atoms with Crippen LogP contribution in [0.4, 0.5) is 5.69 Å². The molecule has 2 N–H and O–H groups in total. The Kier molecular flexibility index (Phi) is 6.28. The molecule has 0 fully saturated rings. The van der Waals surface area contributed by atoms with Gasteiger partial charge in [-0.15, -0.1) is 0 Å². The molecule has 0 unspecified atom stereocenters. The third-order valence-corrected chi connectivity index (χ3v) is 3.16. The van der Waals surface area contributed by atoms with Gasteiger partial charge in [-0.1, -0.05) is 25.1 Å². The van der Waals surface area contributed by atoms with Gasteiger partial charge in [-0.3, -0.25) is 0 Å². The van der Waals surface area contributed by atoms with Crippen molar-refractivity contribution in [1.29, 1.82) is 0 Å². The molecule has 0 heterocycles. The van der Waals surface area contributed by atoms with Crippen LogP contribution in [0.15, 0.2) is 24.3 Å². The quantitative estimate of drug-likeness (QED) is 0.700. The Morgan fingerprint density at radius 2 is 2.13 bits per heavy atom. The van der Waals surface area contributed by atoms with E-state index < -0.39 is 0 Å². The SMILES string of the molecule is CCSCCCNc1ccccc1CO. The second-order valence-corrected chi connectivity index (χ2v) is 4.69. The normalized spacial score (nSPS) is 10.3. The first-order valence-corrected chi connectivity index (χ1v) is 6.54. The van der Waals surface area contributed by atoms with E-state index in [0.29, 0.717) is 0 Å². The zero-order valence-corrected chi connectivity index (χ0v) is 10.0. The largest absolute Gasteiger partial charge is 0.392 e. The predicted octanol–water partition coefficient (Wildman–Crippen LogP) is 2.73. The minimum atomic E-state index is 0.104. The van der Waals surface area contributed by atoms with Crippen molar-refractivity contribution in [1.82, 2.24) is 0 Å². The van der Waals surface area contributed by atoms with Gasteiger partial charge in [0.25, 0.3) is 0 Å². The summed E-state index contributed by atoms with van der Waals surface area (Å²) < 4.78 is 0. The van der Waals surface area contributed by atoms with E-state index in [2.05, 4.69) is 12.2 Å². The van der Waals surface area contributed by atoms with Crippen LogP contribution in [-0.2, 0) is 6.61 Å². The summed E-state index contributed by atoms with van der Waals surface area (Å²) in [5, 5.41) is 12.5. The lowest BCUT2D eigenvalue weighted by atomic mass is 10.2. The molecule has 2 nitrogen and oxygen atoms in total. The number of aliphatic hydroxyl groups excluding tert-OH is 1. The van der Waals surface area contributed by atoms with E-state index in [1.54, 1.807) is 0 Å². The van der Waals surface area contributed by atoms with E-state index in [4.69, 9.17) is 5.11 Å². The van der Waals surface area contributed by atoms with Crippen LogP contribution in [0.1, 0.15) is 18.9 Å². The Morgan fingerprint density at radius 1 is 1.33 bits per heavy atom. The number of nitrogens with one attached hydrogen (secondary N) is 1. The smallest absolute Gasteiger partial charge is 0.0701 e. The maximum atomic E-state index is 9.12. The highest BCUT2D eigenvalue weighted by atomic mass is 32.2. The van der Waals surface area contributed by atoms with Gasteiger partial charge in [0.15, 0.2) is 0 Å². The van der Waals surface area contributed by atoms with Gasteiger partial charge in [0.2, 0.25) is 0 Å². The van der Waals surface area contributed by atoms with Crippen molar-refractivity contribution in [3.8, 4) is 0 Å². The maximum Gasteiger partial charge on any atom is 0.0701 e. The Balaban J connectivity index is 2.30. The summed E-state index contributed by atoms with van der Waals surface area (Å²) in [5.41, 5.74) is 2.03. The average Bonchev–Trinajstić information content (AvgIpc) is 2.29. The molecular formula is C12H19NOS. The van der Waals surface area contributed by atoms with E-state index in [-0.39, 0.29) is 6.61 Å². The lowest BCUT2D eigenvalue weighted by Gasteiger charge is -2.09. The van der Waals surface area contributed by atoms with Gasteiger partial charge < -0.3 is 10.4 Å². The first kappa shape index (κ1) is 12.4. The first-order chi connectivity index (χ1) is 7.38. The van der Waals surface area contributed by atoms with Crippen LogP contribution in [0.25, 0.3) is 0 Å². The van der Waals surface area contributed by atoms with Crippen molar-refractivity contribution in [2.75, 3.05) is 23.4 Å². The van der Waals surface area contributed by atoms with E-state index in [0.717, 1.165) is 24.2 Å². The number of thioether (sulfide) groups is 1. The molecule has 0 amide bonds. The fraction of sp³-hybridized carbons (Fsp3) is 0.500. The van der Waals surface area contributed by atoms with Crippen LogP contribution >= 0.6 is 11.8 Å². The summed E-state index contributed by atoms with van der Waals surface area (Å²) in [4.78, 5) is 0. The van der Waals surface area contributed by atoms with E-state index >= 15 is 0 Å². The fourth-order valence-electron chi connectivity index (χ4n) is 1.37. The first-order valence-electron chi connectivity index (χ1n) is 5.39. The second kappa shape index (κ2) is 7.60. The van der Waals surface area contributed by atoms with Crippen LogP contribution in [0.5, 0.6) is 0 Å². The molecule has 0 saturated carbocycles.